The molecule has 0 saturated heterocycles. The summed E-state index contributed by atoms with van der Waals surface area (Å²) in [6, 6.07) is 8.74. The molecule has 3 N–H and O–H groups in total. The van der Waals surface area contributed by atoms with Crippen LogP contribution in [0.25, 0.3) is 0 Å². The zero-order valence-corrected chi connectivity index (χ0v) is 9.95. The van der Waals surface area contributed by atoms with Gasteiger partial charge in [-0.1, -0.05) is 24.3 Å². The molecule has 0 radical (unpaired) electrons. The molecule has 1 aliphatic carbocycles. The lowest BCUT2D eigenvalue weighted by atomic mass is 9.66. The summed E-state index contributed by atoms with van der Waals surface area (Å²) >= 11 is 0. The average Bonchev–Trinajstić information content (AvgIpc) is 2.29. The molecule has 2 atom stereocenters. The van der Waals surface area contributed by atoms with Gasteiger partial charge in [0.1, 0.15) is 0 Å². The number of aryl methyl sites for hydroxylation is 1. The van der Waals surface area contributed by atoms with Crippen molar-refractivity contribution in [2.45, 2.75) is 38.6 Å². The zero-order valence-electron chi connectivity index (χ0n) is 9.95. The third-order valence-electron chi connectivity index (χ3n) is 4.13. The first-order chi connectivity index (χ1) is 7.68. The molecule has 1 aromatic carbocycles. The minimum Gasteiger partial charge on any atom is -0.396 e. The first-order valence-electron chi connectivity index (χ1n) is 6.11. The summed E-state index contributed by atoms with van der Waals surface area (Å²) in [6.07, 6.45) is 4.03. The fourth-order valence-corrected chi connectivity index (χ4v) is 2.88. The number of aliphatic hydroxyl groups is 1. The van der Waals surface area contributed by atoms with Crippen LogP contribution >= 0.6 is 0 Å². The maximum absolute atomic E-state index is 9.23. The highest BCUT2D eigenvalue weighted by molar-refractivity contribution is 5.31. The fraction of sp³-hybridized carbons (Fsp3) is 0.571. The summed E-state index contributed by atoms with van der Waals surface area (Å²) in [5.41, 5.74) is 9.11. The maximum atomic E-state index is 9.23. The second-order valence-electron chi connectivity index (χ2n) is 5.07. The van der Waals surface area contributed by atoms with Crippen LogP contribution in [0.15, 0.2) is 24.3 Å². The Bertz CT molecular complexity index is 362. The van der Waals surface area contributed by atoms with Crippen LogP contribution in [0, 0.1) is 5.41 Å². The van der Waals surface area contributed by atoms with Gasteiger partial charge in [0.25, 0.3) is 0 Å². The predicted molar refractivity (Wildman–Crippen MR) is 66.3 cm³/mol. The van der Waals surface area contributed by atoms with Crippen LogP contribution in [0.4, 0.5) is 0 Å². The number of fused-ring (bicyclic) bond motifs is 1. The molecule has 2 rings (SSSR count). The summed E-state index contributed by atoms with van der Waals surface area (Å²) in [6.45, 7) is 2.31. The Labute approximate surface area is 97.5 Å². The SMILES string of the molecule is CC(N)C1(CCO)CCc2ccccc2C1. The van der Waals surface area contributed by atoms with Gasteiger partial charge in [0.2, 0.25) is 0 Å². The molecule has 88 valence electrons. The number of hydrogen-bond acceptors (Lipinski definition) is 2. The van der Waals surface area contributed by atoms with Crippen molar-refractivity contribution in [1.82, 2.24) is 0 Å². The van der Waals surface area contributed by atoms with E-state index in [0.717, 1.165) is 25.7 Å². The Kier molecular flexibility index (Phi) is 3.31. The highest BCUT2D eigenvalue weighted by Crippen LogP contribution is 2.40. The van der Waals surface area contributed by atoms with Gasteiger partial charge in [-0.25, -0.2) is 0 Å². The van der Waals surface area contributed by atoms with Crippen molar-refractivity contribution in [3.63, 3.8) is 0 Å². The van der Waals surface area contributed by atoms with Gasteiger partial charge in [0.15, 0.2) is 0 Å². The molecular weight excluding hydrogens is 198 g/mol. The lowest BCUT2D eigenvalue weighted by molar-refractivity contribution is 0.134. The molecule has 0 aromatic heterocycles. The summed E-state index contributed by atoms with van der Waals surface area (Å²) in [7, 11) is 0. The van der Waals surface area contributed by atoms with Gasteiger partial charge >= 0.3 is 0 Å². The number of rotatable bonds is 3. The van der Waals surface area contributed by atoms with Gasteiger partial charge in [-0.15, -0.1) is 0 Å². The van der Waals surface area contributed by atoms with E-state index < -0.39 is 0 Å². The molecule has 0 aliphatic heterocycles. The van der Waals surface area contributed by atoms with Crippen molar-refractivity contribution >= 4 is 0 Å². The maximum Gasteiger partial charge on any atom is 0.0437 e. The topological polar surface area (TPSA) is 46.2 Å². The molecule has 2 heteroatoms. The van der Waals surface area contributed by atoms with Crippen LogP contribution in [0.3, 0.4) is 0 Å². The Hall–Kier alpha value is -0.860. The quantitative estimate of drug-likeness (QED) is 0.815. The minimum absolute atomic E-state index is 0.100. The minimum atomic E-state index is 0.100. The normalized spacial score (nSPS) is 26.2. The van der Waals surface area contributed by atoms with Crippen LogP contribution in [0.5, 0.6) is 0 Å². The van der Waals surface area contributed by atoms with E-state index in [1.165, 1.54) is 11.1 Å². The summed E-state index contributed by atoms with van der Waals surface area (Å²) in [5.74, 6) is 0. The van der Waals surface area contributed by atoms with Crippen LogP contribution in [0.1, 0.15) is 30.9 Å². The summed E-state index contributed by atoms with van der Waals surface area (Å²) < 4.78 is 0. The number of benzene rings is 1. The van der Waals surface area contributed by atoms with Crippen molar-refractivity contribution in [1.29, 1.82) is 0 Å². The third kappa shape index (κ3) is 2.00. The van der Waals surface area contributed by atoms with E-state index in [4.69, 9.17) is 5.73 Å². The predicted octanol–water partition coefficient (Wildman–Crippen LogP) is 1.89. The zero-order chi connectivity index (χ0) is 11.6. The monoisotopic (exact) mass is 219 g/mol. The molecular formula is C14H21NO. The van der Waals surface area contributed by atoms with Gasteiger partial charge in [-0.05, 0) is 49.1 Å². The molecule has 0 spiro atoms. The van der Waals surface area contributed by atoms with Gasteiger partial charge in [0, 0.05) is 12.6 Å². The molecule has 0 bridgehead atoms. The molecule has 2 nitrogen and oxygen atoms in total. The second kappa shape index (κ2) is 4.56. The van der Waals surface area contributed by atoms with Crippen LogP contribution in [-0.2, 0) is 12.8 Å². The van der Waals surface area contributed by atoms with Gasteiger partial charge in [-0.2, -0.15) is 0 Å². The van der Waals surface area contributed by atoms with Crippen molar-refractivity contribution in [3.8, 4) is 0 Å². The van der Waals surface area contributed by atoms with Crippen molar-refractivity contribution in [2.24, 2.45) is 11.1 Å². The van der Waals surface area contributed by atoms with Crippen molar-refractivity contribution < 1.29 is 5.11 Å². The van der Waals surface area contributed by atoms with Gasteiger partial charge in [0.05, 0.1) is 0 Å². The lowest BCUT2D eigenvalue weighted by Gasteiger charge is -2.41. The average molecular weight is 219 g/mol. The second-order valence-corrected chi connectivity index (χ2v) is 5.07. The highest BCUT2D eigenvalue weighted by atomic mass is 16.3. The highest BCUT2D eigenvalue weighted by Gasteiger charge is 2.36. The first-order valence-corrected chi connectivity index (χ1v) is 6.11. The molecule has 2 unspecified atom stereocenters. The number of hydrogen-bond donors (Lipinski definition) is 2. The Morgan fingerprint density at radius 1 is 1.38 bits per heavy atom. The van der Waals surface area contributed by atoms with E-state index in [-0.39, 0.29) is 18.1 Å². The van der Waals surface area contributed by atoms with E-state index in [9.17, 15) is 5.11 Å². The van der Waals surface area contributed by atoms with Crippen LogP contribution < -0.4 is 5.73 Å². The fourth-order valence-electron chi connectivity index (χ4n) is 2.88. The molecule has 0 fully saturated rings. The Morgan fingerprint density at radius 3 is 2.69 bits per heavy atom. The van der Waals surface area contributed by atoms with E-state index in [1.54, 1.807) is 0 Å². The van der Waals surface area contributed by atoms with Gasteiger partial charge in [-0.3, -0.25) is 0 Å². The molecule has 0 amide bonds. The lowest BCUT2D eigenvalue weighted by Crippen LogP contribution is -2.44. The van der Waals surface area contributed by atoms with Crippen molar-refractivity contribution in [3.05, 3.63) is 35.4 Å². The standard InChI is InChI=1S/C14H21NO/c1-11(15)14(8-9-16)7-6-12-4-2-3-5-13(12)10-14/h2-5,11,16H,6-10,15H2,1H3. The van der Waals surface area contributed by atoms with E-state index in [1.807, 2.05) is 0 Å². The third-order valence-corrected chi connectivity index (χ3v) is 4.13. The van der Waals surface area contributed by atoms with E-state index in [0.29, 0.717) is 0 Å². The summed E-state index contributed by atoms with van der Waals surface area (Å²) in [4.78, 5) is 0. The molecule has 16 heavy (non-hydrogen) atoms. The van der Waals surface area contributed by atoms with E-state index >= 15 is 0 Å². The number of nitrogens with two attached hydrogens (primary N) is 1. The van der Waals surface area contributed by atoms with Crippen LogP contribution in [-0.4, -0.2) is 17.8 Å². The Morgan fingerprint density at radius 2 is 2.06 bits per heavy atom. The largest absolute Gasteiger partial charge is 0.396 e. The number of aliphatic hydroxyl groups excluding tert-OH is 1. The first kappa shape index (κ1) is 11.6. The molecule has 1 aliphatic rings. The summed E-state index contributed by atoms with van der Waals surface area (Å²) in [5, 5.41) is 9.23. The molecule has 0 saturated carbocycles. The van der Waals surface area contributed by atoms with Crippen LogP contribution in [0.2, 0.25) is 0 Å². The Balaban J connectivity index is 2.27. The van der Waals surface area contributed by atoms with E-state index in [2.05, 4.69) is 31.2 Å². The molecule has 0 heterocycles. The van der Waals surface area contributed by atoms with Crippen molar-refractivity contribution in [2.75, 3.05) is 6.61 Å². The molecule has 1 aromatic rings. The smallest absolute Gasteiger partial charge is 0.0437 e. The van der Waals surface area contributed by atoms with Gasteiger partial charge < -0.3 is 10.8 Å².